The predicted molar refractivity (Wildman–Crippen MR) is 140 cm³/mol. The van der Waals surface area contributed by atoms with Gasteiger partial charge in [-0.3, -0.25) is 9.98 Å². The monoisotopic (exact) mass is 452 g/mol. The summed E-state index contributed by atoms with van der Waals surface area (Å²) in [6.45, 7) is 8.55. The lowest BCUT2D eigenvalue weighted by Crippen LogP contribution is -2.36. The van der Waals surface area contributed by atoms with Crippen molar-refractivity contribution in [1.29, 1.82) is 0 Å². The van der Waals surface area contributed by atoms with Crippen LogP contribution >= 0.6 is 0 Å². The van der Waals surface area contributed by atoms with Gasteiger partial charge in [0.15, 0.2) is 0 Å². The Morgan fingerprint density at radius 2 is 1.73 bits per heavy atom. The zero-order valence-electron chi connectivity index (χ0n) is 21.1. The van der Waals surface area contributed by atoms with E-state index >= 15 is 0 Å². The molecule has 1 heterocycles. The molecule has 1 saturated carbocycles. The van der Waals surface area contributed by atoms with Crippen LogP contribution in [-0.4, -0.2) is 22.6 Å². The molecule has 1 aliphatic carbocycles. The van der Waals surface area contributed by atoms with Gasteiger partial charge in [0.1, 0.15) is 11.8 Å². The van der Waals surface area contributed by atoms with Crippen molar-refractivity contribution in [1.82, 2.24) is 4.98 Å². The molecule has 0 saturated heterocycles. The van der Waals surface area contributed by atoms with Crippen LogP contribution in [0.1, 0.15) is 82.9 Å². The van der Waals surface area contributed by atoms with Gasteiger partial charge in [-0.05, 0) is 48.4 Å². The van der Waals surface area contributed by atoms with Crippen LogP contribution in [0.15, 0.2) is 53.8 Å². The molecule has 182 valence electrons. The Morgan fingerprint density at radius 1 is 1.09 bits per heavy atom. The number of aryl methyl sites for hydroxylation is 1. The number of amidine groups is 1. The molecule has 1 atom stereocenters. The van der Waals surface area contributed by atoms with Crippen molar-refractivity contribution in [3.05, 3.63) is 65.5 Å². The lowest BCUT2D eigenvalue weighted by molar-refractivity contribution is -0.112. The normalized spacial score (nSPS) is 15.8. The Kier molecular flexibility index (Phi) is 13.9. The molecule has 0 amide bonds. The van der Waals surface area contributed by atoms with Crippen LogP contribution in [0.5, 0.6) is 0 Å². The van der Waals surface area contributed by atoms with Crippen LogP contribution in [0.2, 0.25) is 0 Å². The van der Waals surface area contributed by atoms with Crippen LogP contribution in [0.25, 0.3) is 0 Å². The number of aromatic nitrogens is 1. The minimum atomic E-state index is -0.732. The summed E-state index contributed by atoms with van der Waals surface area (Å²) in [6.07, 6.45) is 13.2. The van der Waals surface area contributed by atoms with Gasteiger partial charge in [-0.1, -0.05) is 83.2 Å². The molecule has 0 bridgehead atoms. The molecular weight excluding hydrogens is 408 g/mol. The number of carbonyl (C=O) groups is 1. The van der Waals surface area contributed by atoms with Crippen molar-refractivity contribution in [3.8, 4) is 0 Å². The molecule has 0 aliphatic heterocycles. The molecule has 1 unspecified atom stereocenters. The van der Waals surface area contributed by atoms with Crippen molar-refractivity contribution in [2.45, 2.75) is 91.1 Å². The van der Waals surface area contributed by atoms with Crippen LogP contribution in [0.4, 0.5) is 0 Å². The first kappa shape index (κ1) is 28.5. The molecule has 5 heteroatoms. The van der Waals surface area contributed by atoms with Gasteiger partial charge >= 0.3 is 0 Å². The number of nitrogens with zero attached hydrogens (tertiary/aromatic N) is 2. The Balaban J connectivity index is 0.000000380. The highest BCUT2D eigenvalue weighted by Gasteiger charge is 2.33. The summed E-state index contributed by atoms with van der Waals surface area (Å²) in [7, 11) is 0. The highest BCUT2D eigenvalue weighted by molar-refractivity contribution is 5.81. The molecule has 0 spiro atoms. The number of aldehydes is 1. The summed E-state index contributed by atoms with van der Waals surface area (Å²) in [6, 6.07) is 12.3. The number of hydrogen-bond acceptors (Lipinski definition) is 4. The van der Waals surface area contributed by atoms with Crippen LogP contribution in [0, 0.1) is 5.92 Å². The van der Waals surface area contributed by atoms with E-state index in [9.17, 15) is 4.79 Å². The average Bonchev–Trinajstić information content (AvgIpc) is 2.86. The van der Waals surface area contributed by atoms with Gasteiger partial charge in [-0.15, -0.1) is 0 Å². The Bertz CT molecular complexity index is 771. The summed E-state index contributed by atoms with van der Waals surface area (Å²) in [5.41, 5.74) is 14.1. The minimum Gasteiger partial charge on any atom is -0.388 e. The molecule has 1 aliphatic rings. The molecule has 1 aromatic heterocycles. The number of pyridine rings is 1. The maximum absolute atomic E-state index is 11.9. The fraction of sp³-hybridized carbons (Fsp3) is 0.536. The third-order valence-corrected chi connectivity index (χ3v) is 5.89. The molecule has 0 radical (unpaired) electrons. The van der Waals surface area contributed by atoms with Crippen LogP contribution in [0.3, 0.4) is 0 Å². The Hall–Kier alpha value is -2.53. The smallest absolute Gasteiger partial charge is 0.147 e. The first-order valence-electron chi connectivity index (χ1n) is 12.4. The van der Waals surface area contributed by atoms with Gasteiger partial charge in [0.2, 0.25) is 0 Å². The van der Waals surface area contributed by atoms with E-state index in [2.05, 4.69) is 41.2 Å². The van der Waals surface area contributed by atoms with Gasteiger partial charge in [-0.25, -0.2) is 0 Å². The van der Waals surface area contributed by atoms with Gasteiger partial charge < -0.3 is 16.3 Å². The van der Waals surface area contributed by atoms with Crippen molar-refractivity contribution in [3.63, 3.8) is 0 Å². The lowest BCUT2D eigenvalue weighted by atomic mass is 9.78. The number of nitrogens with two attached hydrogens (primary N) is 2. The fourth-order valence-corrected chi connectivity index (χ4v) is 4.28. The number of carbonyl (C=O) groups excluding carboxylic acids is 1. The molecule has 5 nitrogen and oxygen atoms in total. The second-order valence-corrected chi connectivity index (χ2v) is 8.59. The summed E-state index contributed by atoms with van der Waals surface area (Å²) in [4.78, 5) is 20.5. The molecule has 2 aromatic rings. The van der Waals surface area contributed by atoms with E-state index in [1.54, 1.807) is 19.3 Å². The number of benzene rings is 1. The van der Waals surface area contributed by atoms with E-state index < -0.39 is 5.54 Å². The van der Waals surface area contributed by atoms with Gasteiger partial charge in [0.25, 0.3) is 0 Å². The summed E-state index contributed by atoms with van der Waals surface area (Å²) >= 11 is 0. The largest absolute Gasteiger partial charge is 0.388 e. The third kappa shape index (κ3) is 10.8. The van der Waals surface area contributed by atoms with Gasteiger partial charge in [0, 0.05) is 25.4 Å². The number of rotatable bonds is 8. The molecular formula is C28H44N4O. The molecule has 3 rings (SSSR count). The first-order valence-corrected chi connectivity index (χ1v) is 12.4. The maximum Gasteiger partial charge on any atom is 0.147 e. The Labute approximate surface area is 201 Å². The van der Waals surface area contributed by atoms with E-state index in [0.29, 0.717) is 24.7 Å². The summed E-state index contributed by atoms with van der Waals surface area (Å²) in [5, 5.41) is 0. The van der Waals surface area contributed by atoms with Crippen LogP contribution in [-0.2, 0) is 24.2 Å². The standard InChI is InChI=1S/C17H25N3O.C9H13N.C2H6/c1-14(18)20-17(13-21,10-15-6-3-2-4-7-15)11-16-8-5-9-19-12-16;1-2-8-3-5-9(7-10)6-4-8;1-2/h5,8-9,12-13,15H,2-4,6-7,10-11H2,1H3,(H2,18,20);3-6H,2,7,10H2,1H3;1-2H3. The summed E-state index contributed by atoms with van der Waals surface area (Å²) in [5.74, 6) is 1.05. The van der Waals surface area contributed by atoms with E-state index in [0.717, 1.165) is 24.7 Å². The predicted octanol–water partition coefficient (Wildman–Crippen LogP) is 5.64. The molecule has 33 heavy (non-hydrogen) atoms. The van der Waals surface area contributed by atoms with Crippen molar-refractivity contribution < 1.29 is 4.79 Å². The maximum atomic E-state index is 11.9. The molecule has 1 fully saturated rings. The topological polar surface area (TPSA) is 94.4 Å². The van der Waals surface area contributed by atoms with E-state index in [4.69, 9.17) is 11.5 Å². The zero-order chi connectivity index (χ0) is 24.5. The van der Waals surface area contributed by atoms with Gasteiger partial charge in [-0.2, -0.15) is 0 Å². The van der Waals surface area contributed by atoms with Crippen LogP contribution < -0.4 is 11.5 Å². The first-order chi connectivity index (χ1) is 16.0. The second kappa shape index (κ2) is 16.1. The number of aliphatic imine (C=N–C) groups is 1. The summed E-state index contributed by atoms with van der Waals surface area (Å²) < 4.78 is 0. The van der Waals surface area contributed by atoms with E-state index in [-0.39, 0.29) is 0 Å². The molecule has 1 aromatic carbocycles. The second-order valence-electron chi connectivity index (χ2n) is 8.59. The molecule has 4 N–H and O–H groups in total. The van der Waals surface area contributed by atoms with Crippen molar-refractivity contribution in [2.24, 2.45) is 22.4 Å². The fourth-order valence-electron chi connectivity index (χ4n) is 4.28. The quantitative estimate of drug-likeness (QED) is 0.308. The SMILES string of the molecule is CC.CC(N)=NC(C=O)(Cc1cccnc1)CC1CCCCC1.CCc1ccc(CN)cc1. The highest BCUT2D eigenvalue weighted by atomic mass is 16.1. The van der Waals surface area contributed by atoms with Gasteiger partial charge in [0.05, 0.1) is 5.84 Å². The third-order valence-electron chi connectivity index (χ3n) is 5.89. The van der Waals surface area contributed by atoms with Crippen molar-refractivity contribution >= 4 is 12.1 Å². The average molecular weight is 453 g/mol. The van der Waals surface area contributed by atoms with E-state index in [1.165, 1.54) is 43.2 Å². The van der Waals surface area contributed by atoms with Crippen molar-refractivity contribution in [2.75, 3.05) is 0 Å². The number of hydrogen-bond donors (Lipinski definition) is 2. The lowest BCUT2D eigenvalue weighted by Gasteiger charge is -2.31. The van der Waals surface area contributed by atoms with E-state index in [1.807, 2.05) is 26.0 Å². The Morgan fingerprint density at radius 3 is 2.21 bits per heavy atom. The minimum absolute atomic E-state index is 0.474. The zero-order valence-corrected chi connectivity index (χ0v) is 21.1. The highest BCUT2D eigenvalue weighted by Crippen LogP contribution is 2.33.